The van der Waals surface area contributed by atoms with E-state index >= 15 is 0 Å². The number of nitrogens with zero attached hydrogens (tertiary/aromatic N) is 2. The summed E-state index contributed by atoms with van der Waals surface area (Å²) in [5, 5.41) is 9.73. The Morgan fingerprint density at radius 3 is 2.86 bits per heavy atom. The van der Waals surface area contributed by atoms with Gasteiger partial charge in [0.1, 0.15) is 12.0 Å². The highest BCUT2D eigenvalue weighted by atomic mass is 32.2. The number of hydrogen-bond acceptors (Lipinski definition) is 6. The van der Waals surface area contributed by atoms with E-state index in [2.05, 4.69) is 24.6 Å². The lowest BCUT2D eigenvalue weighted by atomic mass is 10.2. The van der Waals surface area contributed by atoms with E-state index in [1.807, 2.05) is 11.8 Å². The van der Waals surface area contributed by atoms with Crippen molar-refractivity contribution in [2.75, 3.05) is 18.1 Å². The molecule has 0 saturated carbocycles. The summed E-state index contributed by atoms with van der Waals surface area (Å²) < 4.78 is 7.29. The monoisotopic (exact) mass is 343 g/mol. The highest BCUT2D eigenvalue weighted by Gasteiger charge is 2.36. The van der Waals surface area contributed by atoms with Crippen molar-refractivity contribution in [3.63, 3.8) is 0 Å². The number of aliphatic hydroxyl groups is 1. The maximum atomic E-state index is 11.9. The number of nitrogens with two attached hydrogens (primary N) is 1. The van der Waals surface area contributed by atoms with Crippen LogP contribution in [0.2, 0.25) is 25.7 Å². The first-order valence-corrected chi connectivity index (χ1v) is 12.3. The van der Waals surface area contributed by atoms with Gasteiger partial charge in [-0.15, -0.1) is 0 Å². The van der Waals surface area contributed by atoms with Crippen molar-refractivity contribution in [3.05, 3.63) is 22.7 Å². The van der Waals surface area contributed by atoms with E-state index in [0.29, 0.717) is 6.42 Å². The molecule has 124 valence electrons. The average Bonchev–Trinajstić information content (AvgIpc) is 2.80. The fourth-order valence-corrected chi connectivity index (χ4v) is 6.26. The fraction of sp³-hybridized carbons (Fsp3) is 0.714. The minimum atomic E-state index is -1.06. The van der Waals surface area contributed by atoms with Gasteiger partial charge in [-0.3, -0.25) is 4.57 Å². The van der Waals surface area contributed by atoms with Crippen LogP contribution in [0, 0.1) is 0 Å². The first kappa shape index (κ1) is 17.5. The molecule has 6 nitrogen and oxygen atoms in total. The van der Waals surface area contributed by atoms with Crippen molar-refractivity contribution in [2.45, 2.75) is 49.7 Å². The molecule has 3 N–H and O–H groups in total. The summed E-state index contributed by atoms with van der Waals surface area (Å²) >= 11 is 1.84. The summed E-state index contributed by atoms with van der Waals surface area (Å²) in [7, 11) is -1.06. The quantitative estimate of drug-likeness (QED) is 0.762. The first-order valence-electron chi connectivity index (χ1n) is 7.53. The van der Waals surface area contributed by atoms with E-state index in [-0.39, 0.29) is 30.0 Å². The normalized spacial score (nSPS) is 25.5. The van der Waals surface area contributed by atoms with Gasteiger partial charge in [-0.05, 0) is 17.9 Å². The number of aromatic nitrogens is 2. The van der Waals surface area contributed by atoms with Crippen LogP contribution in [0.5, 0.6) is 0 Å². The van der Waals surface area contributed by atoms with E-state index in [4.69, 9.17) is 10.5 Å². The zero-order valence-electron chi connectivity index (χ0n) is 13.4. The predicted octanol–water partition coefficient (Wildman–Crippen LogP) is 1.55. The smallest absolute Gasteiger partial charge is 0.351 e. The van der Waals surface area contributed by atoms with Crippen LogP contribution in [0.3, 0.4) is 0 Å². The second-order valence-corrected chi connectivity index (χ2v) is 13.8. The van der Waals surface area contributed by atoms with Crippen LogP contribution in [0.1, 0.15) is 12.6 Å². The molecule has 1 aromatic heterocycles. The maximum absolute atomic E-state index is 11.9. The number of ether oxygens (including phenoxy) is 1. The van der Waals surface area contributed by atoms with Gasteiger partial charge in [-0.25, -0.2) is 4.79 Å². The average molecular weight is 344 g/mol. The molecule has 0 spiro atoms. The van der Waals surface area contributed by atoms with Crippen molar-refractivity contribution in [2.24, 2.45) is 0 Å². The van der Waals surface area contributed by atoms with Crippen molar-refractivity contribution < 1.29 is 9.84 Å². The van der Waals surface area contributed by atoms with Gasteiger partial charge >= 0.3 is 5.69 Å². The van der Waals surface area contributed by atoms with Gasteiger partial charge in [0.2, 0.25) is 0 Å². The largest absolute Gasteiger partial charge is 0.394 e. The van der Waals surface area contributed by atoms with Crippen LogP contribution in [-0.2, 0) is 4.74 Å². The molecule has 2 heterocycles. The lowest BCUT2D eigenvalue weighted by Gasteiger charge is -2.19. The number of aliphatic hydroxyl groups excluding tert-OH is 1. The molecular formula is C14H25N3O3SSi. The van der Waals surface area contributed by atoms with E-state index in [9.17, 15) is 9.90 Å². The fourth-order valence-electron chi connectivity index (χ4n) is 2.37. The Morgan fingerprint density at radius 1 is 1.55 bits per heavy atom. The number of anilines is 1. The standard InChI is InChI=1S/C14H25N3O3SSi/c1-22(2,3)7-6-21-11-8-13(20-10(11)9-18)17-5-4-12(15)16-14(17)19/h4-5,10-11,13,18H,6-9H2,1-3H3,(H2,15,16,19)/t10-,11?,13-/m1/s1. The highest BCUT2D eigenvalue weighted by molar-refractivity contribution is 8.00. The molecule has 1 unspecified atom stereocenters. The topological polar surface area (TPSA) is 90.4 Å². The minimum absolute atomic E-state index is 0.0295. The zero-order valence-corrected chi connectivity index (χ0v) is 15.2. The van der Waals surface area contributed by atoms with E-state index in [1.165, 1.54) is 10.6 Å². The summed E-state index contributed by atoms with van der Waals surface area (Å²) in [6, 6.07) is 2.82. The van der Waals surface area contributed by atoms with E-state index in [1.54, 1.807) is 12.3 Å². The third kappa shape index (κ3) is 4.58. The Kier molecular flexibility index (Phi) is 5.70. The molecule has 8 heteroatoms. The van der Waals surface area contributed by atoms with Crippen LogP contribution in [0.15, 0.2) is 17.1 Å². The van der Waals surface area contributed by atoms with Crippen molar-refractivity contribution in [1.82, 2.24) is 9.55 Å². The van der Waals surface area contributed by atoms with Crippen LogP contribution < -0.4 is 11.4 Å². The SMILES string of the molecule is C[Si](C)(C)CCSC1C[C@H](n2ccc(N)nc2=O)O[C@@H]1CO. The molecule has 2 rings (SSSR count). The zero-order chi connectivity index (χ0) is 16.3. The molecule has 1 aliphatic rings. The molecule has 1 saturated heterocycles. The van der Waals surface area contributed by atoms with Gasteiger partial charge in [0, 0.05) is 25.9 Å². The Labute approximate surface area is 136 Å². The van der Waals surface area contributed by atoms with Crippen LogP contribution in [-0.4, -0.2) is 46.4 Å². The highest BCUT2D eigenvalue weighted by Crippen LogP contribution is 2.36. The second-order valence-electron chi connectivity index (χ2n) is 6.81. The van der Waals surface area contributed by atoms with Crippen molar-refractivity contribution in [1.29, 1.82) is 0 Å². The lowest BCUT2D eigenvalue weighted by molar-refractivity contribution is -0.0236. The molecule has 1 fully saturated rings. The van der Waals surface area contributed by atoms with Crippen LogP contribution in [0.25, 0.3) is 0 Å². The minimum Gasteiger partial charge on any atom is -0.394 e. The first-order chi connectivity index (χ1) is 10.3. The molecule has 1 aromatic rings. The molecule has 22 heavy (non-hydrogen) atoms. The Hall–Kier alpha value is -0.833. The van der Waals surface area contributed by atoms with E-state index < -0.39 is 13.8 Å². The van der Waals surface area contributed by atoms with Gasteiger partial charge in [0.25, 0.3) is 0 Å². The third-order valence-corrected chi connectivity index (χ3v) is 7.18. The van der Waals surface area contributed by atoms with Crippen molar-refractivity contribution >= 4 is 25.7 Å². The Bertz CT molecular complexity index is 561. The molecule has 1 aliphatic heterocycles. The van der Waals surface area contributed by atoms with Gasteiger partial charge < -0.3 is 15.6 Å². The second kappa shape index (κ2) is 7.16. The molecule has 0 aromatic carbocycles. The molecule has 0 aliphatic carbocycles. The molecule has 0 radical (unpaired) electrons. The summed E-state index contributed by atoms with van der Waals surface area (Å²) in [6.07, 6.45) is 1.70. The number of rotatable bonds is 6. The van der Waals surface area contributed by atoms with Crippen molar-refractivity contribution in [3.8, 4) is 0 Å². The molecule has 3 atom stereocenters. The maximum Gasteiger partial charge on any atom is 0.351 e. The number of hydrogen-bond donors (Lipinski definition) is 2. The predicted molar refractivity (Wildman–Crippen MR) is 92.9 cm³/mol. The third-order valence-electron chi connectivity index (χ3n) is 3.71. The Morgan fingerprint density at radius 2 is 2.27 bits per heavy atom. The van der Waals surface area contributed by atoms with E-state index in [0.717, 1.165) is 5.75 Å². The lowest BCUT2D eigenvalue weighted by Crippen LogP contribution is -2.27. The molecule has 0 bridgehead atoms. The summed E-state index contributed by atoms with van der Waals surface area (Å²) in [6.45, 7) is 7.03. The summed E-state index contributed by atoms with van der Waals surface area (Å²) in [5.74, 6) is 1.28. The van der Waals surface area contributed by atoms with Crippen LogP contribution in [0.4, 0.5) is 5.82 Å². The van der Waals surface area contributed by atoms with Gasteiger partial charge in [0.05, 0.1) is 12.7 Å². The molecule has 0 amide bonds. The van der Waals surface area contributed by atoms with Gasteiger partial charge in [0.15, 0.2) is 0 Å². The Balaban J connectivity index is 2.01. The number of thioether (sulfide) groups is 1. The van der Waals surface area contributed by atoms with Crippen LogP contribution >= 0.6 is 11.8 Å². The van der Waals surface area contributed by atoms with Gasteiger partial charge in [-0.2, -0.15) is 16.7 Å². The molecular weight excluding hydrogens is 318 g/mol. The van der Waals surface area contributed by atoms with Gasteiger partial charge in [-0.1, -0.05) is 19.6 Å². The number of nitrogen functional groups attached to an aromatic ring is 1. The summed E-state index contributed by atoms with van der Waals surface area (Å²) in [4.78, 5) is 15.6. The summed E-state index contributed by atoms with van der Waals surface area (Å²) in [5.41, 5.74) is 5.10.